The highest BCUT2D eigenvalue weighted by molar-refractivity contribution is 5.26. The molecule has 0 spiro atoms. The zero-order valence-corrected chi connectivity index (χ0v) is 13.3. The highest BCUT2D eigenvalue weighted by atomic mass is 16.5. The molecule has 2 aromatic rings. The Hall–Kier alpha value is -2.27. The molecular weight excluding hydrogens is 292 g/mol. The first-order chi connectivity index (χ1) is 11.1. The van der Waals surface area contributed by atoms with E-state index in [-0.39, 0.29) is 17.3 Å². The van der Waals surface area contributed by atoms with Gasteiger partial charge in [-0.05, 0) is 31.9 Å². The number of ether oxygens (including phenoxy) is 1. The Balaban J connectivity index is 1.51. The van der Waals surface area contributed by atoms with E-state index in [1.807, 2.05) is 12.1 Å². The van der Waals surface area contributed by atoms with Crippen LogP contribution < -0.4 is 10.2 Å². The first-order valence-electron chi connectivity index (χ1n) is 7.96. The number of H-pyrrole nitrogens is 1. The largest absolute Gasteiger partial charge is 0.503 e. The second kappa shape index (κ2) is 6.87. The van der Waals surface area contributed by atoms with Crippen LogP contribution in [-0.4, -0.2) is 34.2 Å². The fraction of sp³-hybridized carbons (Fsp3) is 0.389. The number of rotatable bonds is 4. The van der Waals surface area contributed by atoms with E-state index in [0.717, 1.165) is 37.4 Å². The van der Waals surface area contributed by atoms with Crippen LogP contribution in [0.2, 0.25) is 0 Å². The van der Waals surface area contributed by atoms with Crippen molar-refractivity contribution in [1.29, 1.82) is 0 Å². The second-order valence-corrected chi connectivity index (χ2v) is 6.11. The lowest BCUT2D eigenvalue weighted by molar-refractivity contribution is 0.0961. The molecule has 2 N–H and O–H groups in total. The number of benzene rings is 1. The quantitative estimate of drug-likeness (QED) is 0.910. The molecule has 1 aromatic heterocycles. The van der Waals surface area contributed by atoms with Crippen LogP contribution in [0.15, 0.2) is 41.3 Å². The molecule has 1 aliphatic heterocycles. The van der Waals surface area contributed by atoms with Gasteiger partial charge in [0.15, 0.2) is 5.75 Å². The summed E-state index contributed by atoms with van der Waals surface area (Å²) < 4.78 is 6.03. The lowest BCUT2D eigenvalue weighted by Gasteiger charge is -2.32. The molecule has 0 unspecified atom stereocenters. The topological polar surface area (TPSA) is 65.6 Å². The molecular formula is C18H22N2O3. The van der Waals surface area contributed by atoms with Crippen LogP contribution in [0.3, 0.4) is 0 Å². The normalized spacial score (nSPS) is 16.4. The first kappa shape index (κ1) is 15.6. The maximum absolute atomic E-state index is 11.5. The van der Waals surface area contributed by atoms with Gasteiger partial charge in [-0.2, -0.15) is 0 Å². The van der Waals surface area contributed by atoms with Crippen LogP contribution in [0.5, 0.6) is 11.5 Å². The van der Waals surface area contributed by atoms with Crippen molar-refractivity contribution < 1.29 is 9.84 Å². The molecule has 0 aliphatic carbocycles. The predicted molar refractivity (Wildman–Crippen MR) is 88.8 cm³/mol. The molecule has 0 saturated carbocycles. The van der Waals surface area contributed by atoms with Crippen LogP contribution in [0.4, 0.5) is 0 Å². The van der Waals surface area contributed by atoms with Gasteiger partial charge in [-0.3, -0.25) is 9.69 Å². The van der Waals surface area contributed by atoms with E-state index in [9.17, 15) is 9.90 Å². The molecule has 0 radical (unpaired) electrons. The van der Waals surface area contributed by atoms with Crippen LogP contribution in [0, 0.1) is 6.92 Å². The number of likely N-dealkylation sites (tertiary alicyclic amines) is 1. The first-order valence-corrected chi connectivity index (χ1v) is 7.96. The van der Waals surface area contributed by atoms with Crippen molar-refractivity contribution >= 4 is 0 Å². The van der Waals surface area contributed by atoms with Crippen molar-refractivity contribution in [2.24, 2.45) is 0 Å². The Morgan fingerprint density at radius 3 is 2.61 bits per heavy atom. The van der Waals surface area contributed by atoms with Gasteiger partial charge < -0.3 is 14.8 Å². The summed E-state index contributed by atoms with van der Waals surface area (Å²) in [6.45, 7) is 4.61. The van der Waals surface area contributed by atoms with E-state index in [4.69, 9.17) is 4.74 Å². The smallest absolute Gasteiger partial charge is 0.223 e. The van der Waals surface area contributed by atoms with Crippen molar-refractivity contribution in [2.45, 2.75) is 32.4 Å². The molecule has 1 aromatic carbocycles. The molecule has 0 atom stereocenters. The average molecular weight is 314 g/mol. The molecule has 1 saturated heterocycles. The zero-order valence-electron chi connectivity index (χ0n) is 13.3. The fourth-order valence-corrected chi connectivity index (χ4v) is 2.83. The van der Waals surface area contributed by atoms with E-state index in [0.29, 0.717) is 6.54 Å². The number of hydrogen-bond acceptors (Lipinski definition) is 4. The summed E-state index contributed by atoms with van der Waals surface area (Å²) in [7, 11) is 0. The summed E-state index contributed by atoms with van der Waals surface area (Å²) in [5, 5.41) is 9.27. The third kappa shape index (κ3) is 4.13. The van der Waals surface area contributed by atoms with Gasteiger partial charge in [0.1, 0.15) is 11.9 Å². The summed E-state index contributed by atoms with van der Waals surface area (Å²) >= 11 is 0. The maximum atomic E-state index is 11.5. The number of hydrogen-bond donors (Lipinski definition) is 2. The highest BCUT2D eigenvalue weighted by Gasteiger charge is 2.20. The Labute approximate surface area is 135 Å². The molecule has 1 fully saturated rings. The molecule has 5 heteroatoms. The third-order valence-electron chi connectivity index (χ3n) is 4.20. The van der Waals surface area contributed by atoms with Gasteiger partial charge in [0.25, 0.3) is 0 Å². The number of nitrogens with one attached hydrogen (secondary N) is 1. The van der Waals surface area contributed by atoms with Gasteiger partial charge in [-0.1, -0.05) is 17.7 Å². The maximum Gasteiger partial charge on any atom is 0.223 e. The van der Waals surface area contributed by atoms with Gasteiger partial charge in [0.2, 0.25) is 5.43 Å². The van der Waals surface area contributed by atoms with Crippen LogP contribution in [-0.2, 0) is 6.54 Å². The van der Waals surface area contributed by atoms with Crippen molar-refractivity contribution in [2.75, 3.05) is 13.1 Å². The molecule has 0 amide bonds. The molecule has 122 valence electrons. The fourth-order valence-electron chi connectivity index (χ4n) is 2.83. The van der Waals surface area contributed by atoms with Gasteiger partial charge in [0.05, 0.1) is 0 Å². The number of piperidine rings is 1. The van der Waals surface area contributed by atoms with Crippen molar-refractivity contribution in [3.05, 3.63) is 58.0 Å². The monoisotopic (exact) mass is 314 g/mol. The molecule has 23 heavy (non-hydrogen) atoms. The number of aromatic nitrogens is 1. The van der Waals surface area contributed by atoms with E-state index in [1.54, 1.807) is 0 Å². The lowest BCUT2D eigenvalue weighted by atomic mass is 10.1. The van der Waals surface area contributed by atoms with Crippen LogP contribution in [0.25, 0.3) is 0 Å². The number of aromatic hydroxyl groups is 1. The third-order valence-corrected chi connectivity index (χ3v) is 4.20. The van der Waals surface area contributed by atoms with E-state index >= 15 is 0 Å². The minimum atomic E-state index is -0.337. The highest BCUT2D eigenvalue weighted by Crippen LogP contribution is 2.20. The van der Waals surface area contributed by atoms with E-state index in [2.05, 4.69) is 28.9 Å². The molecule has 3 rings (SSSR count). The Morgan fingerprint density at radius 1 is 1.26 bits per heavy atom. The number of aryl methyl sites for hydroxylation is 1. The van der Waals surface area contributed by atoms with Gasteiger partial charge in [-0.15, -0.1) is 0 Å². The second-order valence-electron chi connectivity index (χ2n) is 6.11. The van der Waals surface area contributed by atoms with E-state index in [1.165, 1.54) is 17.8 Å². The lowest BCUT2D eigenvalue weighted by Crippen LogP contribution is -2.38. The summed E-state index contributed by atoms with van der Waals surface area (Å²) in [5.74, 6) is 0.691. The number of nitrogens with zero attached hydrogens (tertiary/aromatic N) is 1. The van der Waals surface area contributed by atoms with Crippen molar-refractivity contribution in [3.8, 4) is 11.5 Å². The summed E-state index contributed by atoms with van der Waals surface area (Å²) in [5.41, 5.74) is 1.72. The summed E-state index contributed by atoms with van der Waals surface area (Å²) in [6.07, 6.45) is 3.53. The standard InChI is InChI=1S/C18H22N2O3/c1-13-2-4-15(5-3-13)23-16-6-8-20(9-7-16)12-14-10-17(21)18(22)11-19-14/h2-5,10-11,16,22H,6-9,12H2,1H3,(H,19,21). The van der Waals surface area contributed by atoms with Crippen molar-refractivity contribution in [3.63, 3.8) is 0 Å². The Bertz CT molecular complexity index is 701. The van der Waals surface area contributed by atoms with E-state index < -0.39 is 0 Å². The Kier molecular flexibility index (Phi) is 4.67. The van der Waals surface area contributed by atoms with Crippen LogP contribution in [0.1, 0.15) is 24.1 Å². The number of pyridine rings is 1. The molecule has 5 nitrogen and oxygen atoms in total. The summed E-state index contributed by atoms with van der Waals surface area (Å²) in [4.78, 5) is 16.7. The Morgan fingerprint density at radius 2 is 1.96 bits per heavy atom. The average Bonchev–Trinajstić information content (AvgIpc) is 2.55. The zero-order chi connectivity index (χ0) is 16.2. The minimum absolute atomic E-state index is 0.237. The summed E-state index contributed by atoms with van der Waals surface area (Å²) in [6, 6.07) is 9.62. The predicted octanol–water partition coefficient (Wildman–Crippen LogP) is 2.43. The molecule has 0 bridgehead atoms. The van der Waals surface area contributed by atoms with Gasteiger partial charge in [0, 0.05) is 37.6 Å². The minimum Gasteiger partial charge on any atom is -0.503 e. The van der Waals surface area contributed by atoms with Gasteiger partial charge >= 0.3 is 0 Å². The molecule has 1 aliphatic rings. The SMILES string of the molecule is Cc1ccc(OC2CCN(Cc3cc(=O)c(O)c[nH]3)CC2)cc1. The molecule has 2 heterocycles. The van der Waals surface area contributed by atoms with Crippen molar-refractivity contribution in [1.82, 2.24) is 9.88 Å². The van der Waals surface area contributed by atoms with Crippen LogP contribution >= 0.6 is 0 Å². The number of aromatic amines is 1. The van der Waals surface area contributed by atoms with Gasteiger partial charge in [-0.25, -0.2) is 0 Å².